The topological polar surface area (TPSA) is 191 Å². The van der Waals surface area contributed by atoms with Crippen molar-refractivity contribution in [1.29, 1.82) is 0 Å². The maximum absolute atomic E-state index is 9.39. The molecule has 6 heterocycles. The molecule has 15 nitrogen and oxygen atoms in total. The van der Waals surface area contributed by atoms with Gasteiger partial charge >= 0.3 is 138 Å². The number of rotatable bonds is 5. The van der Waals surface area contributed by atoms with E-state index in [-0.39, 0.29) is 159 Å². The van der Waals surface area contributed by atoms with Crippen molar-refractivity contribution in [1.82, 2.24) is 49.1 Å². The van der Waals surface area contributed by atoms with Crippen molar-refractivity contribution < 1.29 is 164 Å². The van der Waals surface area contributed by atoms with E-state index in [1.807, 2.05) is 84.9 Å². The molecule has 0 atom stereocenters. The first kappa shape index (κ1) is 56.8. The zero-order valence-electron chi connectivity index (χ0n) is 36.7. The number of hydrogen-bond donors (Lipinski definition) is 1. The van der Waals surface area contributed by atoms with Gasteiger partial charge in [-0.1, -0.05) is 31.2 Å². The molecule has 0 bridgehead atoms. The Bertz CT molecular complexity index is 2680. The van der Waals surface area contributed by atoms with Crippen molar-refractivity contribution in [3.05, 3.63) is 137 Å². The first-order valence-corrected chi connectivity index (χ1v) is 18.2. The Labute approximate surface area is 485 Å². The zero-order chi connectivity index (χ0) is 42.9. The van der Waals surface area contributed by atoms with Gasteiger partial charge in [0.25, 0.3) is 6.47 Å². The molecular weight excluding hydrogens is 1050 g/mol. The molecule has 0 aliphatic heterocycles. The number of hydrogen-bond acceptors (Lipinski definition) is 13. The summed E-state index contributed by atoms with van der Waals surface area (Å²) in [6.07, 6.45) is 13.4. The van der Waals surface area contributed by atoms with E-state index in [0.29, 0.717) is 11.0 Å². The summed E-state index contributed by atoms with van der Waals surface area (Å²) in [6, 6.07) is 15.0. The fourth-order valence-corrected chi connectivity index (χ4v) is 5.93. The van der Waals surface area contributed by atoms with Crippen LogP contribution in [-0.2, 0) is 9.68 Å². The quantitative estimate of drug-likeness (QED) is 0.115. The Kier molecular flexibility index (Phi) is 26.9. The summed E-state index contributed by atoms with van der Waals surface area (Å²) in [4.78, 5) is 36.5. The molecular formula is C44H47ClCs2N10O5. The van der Waals surface area contributed by atoms with Crippen LogP contribution in [0.15, 0.2) is 98.4 Å². The minimum Gasteiger partial charge on any atom is -1.00 e. The maximum Gasteiger partial charge on any atom is 1.00 e. The second-order valence-electron chi connectivity index (χ2n) is 12.4. The van der Waals surface area contributed by atoms with Gasteiger partial charge in [-0.05, 0) is 114 Å². The number of phenolic OH excluding ortho intramolecular Hbond substituents is 1. The number of ether oxygens (including phenoxy) is 1. The molecule has 0 aliphatic rings. The molecule has 2 aromatic carbocycles. The molecule has 62 heavy (non-hydrogen) atoms. The summed E-state index contributed by atoms with van der Waals surface area (Å²) in [5.41, 5.74) is 12.0. The van der Waals surface area contributed by atoms with Gasteiger partial charge in [-0.3, -0.25) is 4.79 Å². The van der Waals surface area contributed by atoms with Crippen LogP contribution in [-0.4, -0.2) is 60.7 Å². The predicted octanol–water partition coefficient (Wildman–Crippen LogP) is 2.28. The molecule has 0 unspecified atom stereocenters. The number of aromatic nitrogens is 10. The number of halogens is 1. The van der Waals surface area contributed by atoms with E-state index < -0.39 is 0 Å². The first-order chi connectivity index (χ1) is 28.4. The smallest absolute Gasteiger partial charge is 1.00 e. The third-order valence-electron chi connectivity index (χ3n) is 8.47. The van der Waals surface area contributed by atoms with E-state index in [1.54, 1.807) is 71.0 Å². The normalized spacial score (nSPS) is 9.39. The van der Waals surface area contributed by atoms with E-state index in [1.165, 1.54) is 0 Å². The fourth-order valence-electron chi connectivity index (χ4n) is 5.72. The Morgan fingerprint density at radius 1 is 0.677 bits per heavy atom. The summed E-state index contributed by atoms with van der Waals surface area (Å²) in [6.45, 7) is 15.4. The largest absolute Gasteiger partial charge is 1.00 e. The zero-order valence-corrected chi connectivity index (χ0v) is 49.1. The predicted molar refractivity (Wildman–Crippen MR) is 230 cm³/mol. The van der Waals surface area contributed by atoms with E-state index in [2.05, 4.69) is 63.8 Å². The summed E-state index contributed by atoms with van der Waals surface area (Å²) < 4.78 is 9.39. The Hall–Kier alpha value is -3.18. The number of benzene rings is 2. The van der Waals surface area contributed by atoms with Crippen LogP contribution < -0.4 is 148 Å². The molecule has 0 radical (unpaired) electrons. The van der Waals surface area contributed by atoms with Crippen LogP contribution in [0.5, 0.6) is 17.4 Å². The van der Waals surface area contributed by atoms with Gasteiger partial charge < -0.3 is 21.4 Å². The van der Waals surface area contributed by atoms with Gasteiger partial charge in [0, 0.05) is 58.7 Å². The van der Waals surface area contributed by atoms with Crippen LogP contribution in [0.3, 0.4) is 0 Å². The number of aryl methyl sites for hydroxylation is 6. The van der Waals surface area contributed by atoms with Crippen LogP contribution >= 0.6 is 11.6 Å². The second kappa shape index (κ2) is 29.3. The molecule has 0 saturated heterocycles. The SMILES string of the molecule is C.CC#CC.Cc1cc(O)ccc1-c1c(C)ncnc1C.Cc1cc(Oc2nccn3nccc23)ccc1-c1c(C)ncnc1C.Clc1nccn2nccc12.O=CO[O-].[Cs+].[Cs+].[H-]. The summed E-state index contributed by atoms with van der Waals surface area (Å²) in [5, 5.41) is 26.5. The minimum absolute atomic E-state index is 0. The van der Waals surface area contributed by atoms with Gasteiger partial charge in [0.2, 0.25) is 5.88 Å². The molecule has 1 N–H and O–H groups in total. The van der Waals surface area contributed by atoms with Crippen molar-refractivity contribution in [3.8, 4) is 51.5 Å². The number of aromatic hydroxyl groups is 1. The van der Waals surface area contributed by atoms with Crippen LogP contribution in [0.2, 0.25) is 5.15 Å². The average Bonchev–Trinajstić information content (AvgIpc) is 3.92. The van der Waals surface area contributed by atoms with E-state index >= 15 is 0 Å². The molecule has 0 aliphatic carbocycles. The van der Waals surface area contributed by atoms with Gasteiger partial charge in [-0.15, -0.1) is 11.8 Å². The number of phenols is 1. The average molecular weight is 1100 g/mol. The van der Waals surface area contributed by atoms with Crippen LogP contribution in [0, 0.1) is 53.4 Å². The fraction of sp³-hybridized carbons (Fsp3) is 0.205. The van der Waals surface area contributed by atoms with E-state index in [4.69, 9.17) is 26.4 Å². The molecule has 8 aromatic rings. The van der Waals surface area contributed by atoms with Gasteiger partial charge in [0.05, 0.1) is 12.4 Å². The first-order valence-electron chi connectivity index (χ1n) is 17.9. The molecule has 0 amide bonds. The van der Waals surface area contributed by atoms with E-state index in [0.717, 1.165) is 72.9 Å². The molecule has 18 heteroatoms. The van der Waals surface area contributed by atoms with Crippen molar-refractivity contribution in [2.75, 3.05) is 0 Å². The van der Waals surface area contributed by atoms with Gasteiger partial charge in [-0.2, -0.15) is 10.2 Å². The van der Waals surface area contributed by atoms with Crippen LogP contribution in [0.4, 0.5) is 0 Å². The summed E-state index contributed by atoms with van der Waals surface area (Å²) in [5.74, 6) is 6.91. The number of fused-ring (bicyclic) bond motifs is 2. The summed E-state index contributed by atoms with van der Waals surface area (Å²) in [7, 11) is 0. The molecule has 6 aromatic heterocycles. The van der Waals surface area contributed by atoms with Gasteiger partial charge in [0.1, 0.15) is 35.2 Å². The summed E-state index contributed by atoms with van der Waals surface area (Å²) >= 11 is 5.73. The van der Waals surface area contributed by atoms with Crippen molar-refractivity contribution in [2.24, 2.45) is 0 Å². The number of carbonyl (C=O) groups excluding carboxylic acids is 1. The third kappa shape index (κ3) is 16.1. The van der Waals surface area contributed by atoms with E-state index in [9.17, 15) is 5.11 Å². The second-order valence-corrected chi connectivity index (χ2v) is 12.7. The number of nitrogens with zero attached hydrogens (tertiary/aromatic N) is 10. The molecule has 312 valence electrons. The Morgan fingerprint density at radius 3 is 1.58 bits per heavy atom. The van der Waals surface area contributed by atoms with Crippen LogP contribution in [0.25, 0.3) is 33.3 Å². The number of carbonyl (C=O) groups is 1. The van der Waals surface area contributed by atoms with Gasteiger partial charge in [-0.25, -0.2) is 38.9 Å². The van der Waals surface area contributed by atoms with Crippen molar-refractivity contribution >= 4 is 29.1 Å². The standard InChI is InChI=1S/C19H17N5O.C13H14N2O.C6H4ClN3.C4H6.CH2O3.CH4.2Cs.H/c1-12-10-15(25-19-17-6-7-23-24(17)9-8-20-19)4-5-16(12)18-13(2)21-11-22-14(18)3;1-8-6-11(16)4-5-12(8)13-9(2)14-7-15-10(13)3;7-6-5-1-2-9-10(5)4-3-8-6;1-3-4-2;2-1-4-3;;;;/h4-11H,1-3H3;4-7,16H,1-3H3;1-4H;1-2H3;1,3H;1H4;;;/q;;;;;;2*+1;-1/p-1. The minimum atomic E-state index is -0.181. The van der Waals surface area contributed by atoms with Crippen LogP contribution in [0.1, 0.15) is 56.6 Å². The Morgan fingerprint density at radius 2 is 1.13 bits per heavy atom. The monoisotopic (exact) mass is 1100 g/mol. The van der Waals surface area contributed by atoms with Crippen molar-refractivity contribution in [2.45, 2.75) is 62.8 Å². The molecule has 8 rings (SSSR count). The molecule has 0 fully saturated rings. The van der Waals surface area contributed by atoms with Crippen molar-refractivity contribution in [3.63, 3.8) is 0 Å². The Balaban J connectivity index is 0.000000873. The molecule has 0 spiro atoms. The maximum atomic E-state index is 9.39. The third-order valence-corrected chi connectivity index (χ3v) is 8.76. The van der Waals surface area contributed by atoms with Gasteiger partial charge in [0.15, 0.2) is 5.15 Å². The molecule has 0 saturated carbocycles.